The van der Waals surface area contributed by atoms with E-state index >= 15 is 0 Å². The van der Waals surface area contributed by atoms with E-state index in [0.717, 1.165) is 5.57 Å². The summed E-state index contributed by atoms with van der Waals surface area (Å²) in [5, 5.41) is 26.8. The number of rotatable bonds is 4. The topological polar surface area (TPSA) is 60.7 Å². The first kappa shape index (κ1) is 10.6. The van der Waals surface area contributed by atoms with Crippen LogP contribution in [0.25, 0.3) is 0 Å². The van der Waals surface area contributed by atoms with Crippen molar-refractivity contribution in [1.29, 1.82) is 0 Å². The third-order valence-corrected chi connectivity index (χ3v) is 2.18. The largest absolute Gasteiger partial charge is 0.395 e. The van der Waals surface area contributed by atoms with Crippen LogP contribution in [0.5, 0.6) is 0 Å². The third kappa shape index (κ3) is 2.02. The van der Waals surface area contributed by atoms with Gasteiger partial charge in [-0.05, 0) is 13.8 Å². The summed E-state index contributed by atoms with van der Waals surface area (Å²) in [6.45, 7) is 2.91. The van der Waals surface area contributed by atoms with Gasteiger partial charge in [-0.1, -0.05) is 11.6 Å². The second kappa shape index (κ2) is 4.49. The summed E-state index contributed by atoms with van der Waals surface area (Å²) in [6.07, 6.45) is 1.78. The van der Waals surface area contributed by atoms with E-state index in [1.54, 1.807) is 13.0 Å². The van der Waals surface area contributed by atoms with E-state index in [0.29, 0.717) is 0 Å². The Balaban J connectivity index is 4.54. The van der Waals surface area contributed by atoms with Crippen molar-refractivity contribution in [2.45, 2.75) is 13.8 Å². The number of hydrogen-bond donors (Lipinski definition) is 3. The van der Waals surface area contributed by atoms with Crippen molar-refractivity contribution >= 4 is 0 Å². The number of allylic oxidation sites excluding steroid dienone is 1. The Labute approximate surface area is 67.0 Å². The Hall–Kier alpha value is -0.380. The lowest BCUT2D eigenvalue weighted by atomic mass is 9.83. The molecule has 3 nitrogen and oxygen atoms in total. The van der Waals surface area contributed by atoms with Gasteiger partial charge in [-0.2, -0.15) is 0 Å². The highest BCUT2D eigenvalue weighted by atomic mass is 16.3. The highest BCUT2D eigenvalue weighted by molar-refractivity contribution is 5.11. The van der Waals surface area contributed by atoms with Gasteiger partial charge in [-0.3, -0.25) is 0 Å². The molecule has 0 aliphatic rings. The molecule has 0 fully saturated rings. The number of hydrogen-bond acceptors (Lipinski definition) is 3. The van der Waals surface area contributed by atoms with Crippen LogP contribution in [0.1, 0.15) is 13.8 Å². The zero-order valence-electron chi connectivity index (χ0n) is 7.04. The van der Waals surface area contributed by atoms with Crippen LogP contribution in [-0.4, -0.2) is 35.1 Å². The molecule has 11 heavy (non-hydrogen) atoms. The summed E-state index contributed by atoms with van der Waals surface area (Å²) < 4.78 is 0. The molecule has 0 aliphatic carbocycles. The van der Waals surface area contributed by atoms with Crippen molar-refractivity contribution in [2.75, 3.05) is 19.8 Å². The Bertz CT molecular complexity index is 128. The van der Waals surface area contributed by atoms with E-state index in [-0.39, 0.29) is 19.8 Å². The summed E-state index contributed by atoms with van der Waals surface area (Å²) in [5.74, 6) is 0. The Morgan fingerprint density at radius 3 is 1.64 bits per heavy atom. The van der Waals surface area contributed by atoms with Crippen LogP contribution in [0.3, 0.4) is 0 Å². The molecule has 0 saturated carbocycles. The van der Waals surface area contributed by atoms with Gasteiger partial charge in [0, 0.05) is 0 Å². The summed E-state index contributed by atoms with van der Waals surface area (Å²) in [5.41, 5.74) is -0.0284. The van der Waals surface area contributed by atoms with Crippen LogP contribution >= 0.6 is 0 Å². The van der Waals surface area contributed by atoms with Gasteiger partial charge in [-0.25, -0.2) is 0 Å². The lowest BCUT2D eigenvalue weighted by molar-refractivity contribution is 0.0332. The Morgan fingerprint density at radius 1 is 1.18 bits per heavy atom. The highest BCUT2D eigenvalue weighted by Crippen LogP contribution is 2.24. The molecule has 0 unspecified atom stereocenters. The average molecular weight is 160 g/mol. The molecule has 0 rings (SSSR count). The average Bonchev–Trinajstić information content (AvgIpc) is 2.08. The zero-order valence-corrected chi connectivity index (χ0v) is 7.04. The summed E-state index contributed by atoms with van der Waals surface area (Å²) in [7, 11) is 0. The normalized spacial score (nSPS) is 13.7. The van der Waals surface area contributed by atoms with Crippen LogP contribution in [0.4, 0.5) is 0 Å². The summed E-state index contributed by atoms with van der Waals surface area (Å²) >= 11 is 0. The van der Waals surface area contributed by atoms with Crippen molar-refractivity contribution in [3.63, 3.8) is 0 Å². The predicted molar refractivity (Wildman–Crippen MR) is 43.1 cm³/mol. The van der Waals surface area contributed by atoms with Gasteiger partial charge >= 0.3 is 0 Å². The highest BCUT2D eigenvalue weighted by Gasteiger charge is 2.29. The van der Waals surface area contributed by atoms with E-state index in [1.807, 2.05) is 6.92 Å². The van der Waals surface area contributed by atoms with Gasteiger partial charge in [0.05, 0.1) is 25.2 Å². The smallest absolute Gasteiger partial charge is 0.0602 e. The van der Waals surface area contributed by atoms with Crippen molar-refractivity contribution < 1.29 is 15.3 Å². The second-order valence-corrected chi connectivity index (χ2v) is 2.73. The van der Waals surface area contributed by atoms with Gasteiger partial charge < -0.3 is 15.3 Å². The molecule has 0 saturated heterocycles. The molecule has 0 amide bonds. The molecule has 3 heteroatoms. The lowest BCUT2D eigenvalue weighted by Crippen LogP contribution is -2.35. The Morgan fingerprint density at radius 2 is 1.55 bits per heavy atom. The van der Waals surface area contributed by atoms with E-state index in [4.69, 9.17) is 15.3 Å². The Kier molecular flexibility index (Phi) is 4.33. The number of aliphatic hydroxyl groups is 3. The van der Waals surface area contributed by atoms with Crippen LogP contribution in [0.15, 0.2) is 11.6 Å². The quantitative estimate of drug-likeness (QED) is 0.504. The maximum Gasteiger partial charge on any atom is 0.0602 e. The third-order valence-electron chi connectivity index (χ3n) is 2.18. The van der Waals surface area contributed by atoms with Crippen LogP contribution in [-0.2, 0) is 0 Å². The lowest BCUT2D eigenvalue weighted by Gasteiger charge is -2.28. The molecule has 0 aliphatic heterocycles. The molecule has 0 aromatic heterocycles. The first-order chi connectivity index (χ1) is 5.16. The molecule has 3 N–H and O–H groups in total. The first-order valence-electron chi connectivity index (χ1n) is 3.63. The monoisotopic (exact) mass is 160 g/mol. The van der Waals surface area contributed by atoms with Gasteiger partial charge in [0.25, 0.3) is 0 Å². The maximum absolute atomic E-state index is 8.92. The van der Waals surface area contributed by atoms with Crippen molar-refractivity contribution in [1.82, 2.24) is 0 Å². The molecular weight excluding hydrogens is 144 g/mol. The zero-order chi connectivity index (χ0) is 8.91. The SMILES string of the molecule is CC=C(C)C(CO)(CO)CO. The fourth-order valence-corrected chi connectivity index (χ4v) is 0.830. The minimum absolute atomic E-state index is 0.226. The van der Waals surface area contributed by atoms with Crippen LogP contribution < -0.4 is 0 Å². The van der Waals surface area contributed by atoms with E-state index < -0.39 is 5.41 Å². The molecule has 66 valence electrons. The van der Waals surface area contributed by atoms with E-state index in [1.165, 1.54) is 0 Å². The first-order valence-corrected chi connectivity index (χ1v) is 3.63. The molecule has 0 aromatic rings. The summed E-state index contributed by atoms with van der Waals surface area (Å²) in [6, 6.07) is 0. The van der Waals surface area contributed by atoms with Crippen LogP contribution in [0.2, 0.25) is 0 Å². The molecular formula is C8H16O3. The molecule has 0 radical (unpaired) electrons. The number of aliphatic hydroxyl groups excluding tert-OH is 3. The fourth-order valence-electron chi connectivity index (χ4n) is 0.830. The van der Waals surface area contributed by atoms with Crippen molar-refractivity contribution in [3.8, 4) is 0 Å². The van der Waals surface area contributed by atoms with Gasteiger partial charge in [0.15, 0.2) is 0 Å². The van der Waals surface area contributed by atoms with Crippen molar-refractivity contribution in [2.24, 2.45) is 5.41 Å². The van der Waals surface area contributed by atoms with Crippen molar-refractivity contribution in [3.05, 3.63) is 11.6 Å². The predicted octanol–water partition coefficient (Wildman–Crippen LogP) is -0.0841. The summed E-state index contributed by atoms with van der Waals surface area (Å²) in [4.78, 5) is 0. The second-order valence-electron chi connectivity index (χ2n) is 2.73. The van der Waals surface area contributed by atoms with Gasteiger partial charge in [-0.15, -0.1) is 0 Å². The minimum Gasteiger partial charge on any atom is -0.395 e. The van der Waals surface area contributed by atoms with Gasteiger partial charge in [0.2, 0.25) is 0 Å². The molecule has 0 atom stereocenters. The maximum atomic E-state index is 8.92. The van der Waals surface area contributed by atoms with E-state index in [2.05, 4.69) is 0 Å². The standard InChI is InChI=1S/C8H16O3/c1-3-7(2)8(4-9,5-10)6-11/h3,9-11H,4-6H2,1-2H3. The molecule has 0 heterocycles. The van der Waals surface area contributed by atoms with Gasteiger partial charge in [0.1, 0.15) is 0 Å². The molecule has 0 aromatic carbocycles. The molecule has 0 bridgehead atoms. The minimum atomic E-state index is -0.839. The molecule has 0 spiro atoms. The van der Waals surface area contributed by atoms with Crippen LogP contribution in [0, 0.1) is 5.41 Å². The fraction of sp³-hybridized carbons (Fsp3) is 0.750. The van der Waals surface area contributed by atoms with E-state index in [9.17, 15) is 0 Å².